The molecule has 1 atom stereocenters. The van der Waals surface area contributed by atoms with E-state index in [2.05, 4.69) is 33.0 Å². The maximum Gasteiger partial charge on any atom is 0.223 e. The molecule has 0 aromatic carbocycles. The zero-order chi connectivity index (χ0) is 14.7. The molecule has 4 heteroatoms. The Hall–Kier alpha value is -0.610. The van der Waals surface area contributed by atoms with Crippen molar-refractivity contribution in [2.75, 3.05) is 19.6 Å². The number of carbonyl (C=O) groups is 1. The molecule has 0 aliphatic carbocycles. The van der Waals surface area contributed by atoms with Crippen molar-refractivity contribution in [2.24, 2.45) is 0 Å². The van der Waals surface area contributed by atoms with Gasteiger partial charge in [0, 0.05) is 32.1 Å². The van der Waals surface area contributed by atoms with Crippen molar-refractivity contribution in [1.82, 2.24) is 10.2 Å². The predicted molar refractivity (Wildman–Crippen MR) is 78.2 cm³/mol. The summed E-state index contributed by atoms with van der Waals surface area (Å²) in [5.41, 5.74) is -0.244. The Morgan fingerprint density at radius 2 is 1.84 bits per heavy atom. The summed E-state index contributed by atoms with van der Waals surface area (Å²) in [5, 5.41) is 3.49. The number of ether oxygens (including phenoxy) is 1. The maximum absolute atomic E-state index is 11.9. The summed E-state index contributed by atoms with van der Waals surface area (Å²) in [6.45, 7) is 14.8. The van der Waals surface area contributed by atoms with E-state index >= 15 is 0 Å². The summed E-state index contributed by atoms with van der Waals surface area (Å²) in [7, 11) is 0. The molecule has 1 aliphatic rings. The summed E-state index contributed by atoms with van der Waals surface area (Å²) < 4.78 is 6.04. The fraction of sp³-hybridized carbons (Fsp3) is 0.933. The minimum atomic E-state index is -0.165. The molecule has 1 heterocycles. The number of hydrogen-bond donors (Lipinski definition) is 1. The first-order valence-electron chi connectivity index (χ1n) is 7.43. The van der Waals surface area contributed by atoms with Gasteiger partial charge in [-0.3, -0.25) is 4.79 Å². The molecule has 1 amide bonds. The number of hydrogen-bond acceptors (Lipinski definition) is 3. The van der Waals surface area contributed by atoms with Crippen molar-refractivity contribution >= 4 is 5.91 Å². The van der Waals surface area contributed by atoms with E-state index in [9.17, 15) is 4.79 Å². The molecule has 1 N–H and O–H groups in total. The SMILES string of the molecule is CCN(CC)C(=O)CCNC1CC(C)(C)OC1(C)C. The lowest BCUT2D eigenvalue weighted by atomic mass is 9.94. The van der Waals surface area contributed by atoms with Crippen LogP contribution in [-0.2, 0) is 9.53 Å². The largest absolute Gasteiger partial charge is 0.368 e. The fourth-order valence-corrected chi connectivity index (χ4v) is 2.97. The Balaban J connectivity index is 2.39. The van der Waals surface area contributed by atoms with Crippen LogP contribution < -0.4 is 5.32 Å². The van der Waals surface area contributed by atoms with Crippen LogP contribution in [0.15, 0.2) is 0 Å². The topological polar surface area (TPSA) is 41.6 Å². The second kappa shape index (κ2) is 6.23. The van der Waals surface area contributed by atoms with E-state index in [1.54, 1.807) is 0 Å². The quantitative estimate of drug-likeness (QED) is 0.804. The summed E-state index contributed by atoms with van der Waals surface area (Å²) in [6, 6.07) is 0.312. The molecule has 19 heavy (non-hydrogen) atoms. The van der Waals surface area contributed by atoms with Gasteiger partial charge < -0.3 is 15.0 Å². The molecule has 1 aliphatic heterocycles. The number of rotatable bonds is 6. The molecule has 1 fully saturated rings. The number of nitrogens with zero attached hydrogens (tertiary/aromatic N) is 1. The molecule has 0 spiro atoms. The smallest absolute Gasteiger partial charge is 0.223 e. The van der Waals surface area contributed by atoms with Gasteiger partial charge in [-0.2, -0.15) is 0 Å². The number of carbonyl (C=O) groups excluding carboxylic acids is 1. The molecule has 1 rings (SSSR count). The molecule has 112 valence electrons. The van der Waals surface area contributed by atoms with E-state index in [0.29, 0.717) is 12.5 Å². The van der Waals surface area contributed by atoms with Crippen molar-refractivity contribution < 1.29 is 9.53 Å². The average Bonchev–Trinajstić information content (AvgIpc) is 2.48. The van der Waals surface area contributed by atoms with Crippen LogP contribution in [0.1, 0.15) is 54.4 Å². The van der Waals surface area contributed by atoms with Crippen LogP contribution in [0.3, 0.4) is 0 Å². The Morgan fingerprint density at radius 3 is 2.26 bits per heavy atom. The molecular formula is C15H30N2O2. The van der Waals surface area contributed by atoms with Gasteiger partial charge in [0.15, 0.2) is 0 Å². The second-order valence-corrected chi connectivity index (χ2v) is 6.49. The van der Waals surface area contributed by atoms with Gasteiger partial charge in [0.25, 0.3) is 0 Å². The van der Waals surface area contributed by atoms with Crippen LogP contribution in [0.4, 0.5) is 0 Å². The van der Waals surface area contributed by atoms with Crippen molar-refractivity contribution in [3.05, 3.63) is 0 Å². The number of nitrogens with one attached hydrogen (secondary N) is 1. The first kappa shape index (κ1) is 16.4. The molecule has 0 aromatic rings. The third kappa shape index (κ3) is 4.46. The van der Waals surface area contributed by atoms with Crippen molar-refractivity contribution in [2.45, 2.75) is 71.6 Å². The zero-order valence-corrected chi connectivity index (χ0v) is 13.4. The molecule has 0 saturated carbocycles. The van der Waals surface area contributed by atoms with Crippen molar-refractivity contribution in [1.29, 1.82) is 0 Å². The van der Waals surface area contributed by atoms with Gasteiger partial charge in [0.1, 0.15) is 0 Å². The molecule has 0 radical (unpaired) electrons. The highest BCUT2D eigenvalue weighted by Gasteiger charge is 2.45. The average molecular weight is 270 g/mol. The fourth-order valence-electron chi connectivity index (χ4n) is 2.97. The summed E-state index contributed by atoms with van der Waals surface area (Å²) in [4.78, 5) is 13.8. The van der Waals surface area contributed by atoms with Gasteiger partial charge in [0.2, 0.25) is 5.91 Å². The van der Waals surface area contributed by atoms with E-state index in [1.807, 2.05) is 18.7 Å². The minimum absolute atomic E-state index is 0.0793. The normalized spacial score (nSPS) is 24.4. The van der Waals surface area contributed by atoms with Crippen LogP contribution >= 0.6 is 0 Å². The molecular weight excluding hydrogens is 240 g/mol. The van der Waals surface area contributed by atoms with Gasteiger partial charge in [-0.05, 0) is 48.0 Å². The van der Waals surface area contributed by atoms with Gasteiger partial charge in [0.05, 0.1) is 11.2 Å². The minimum Gasteiger partial charge on any atom is -0.368 e. The van der Waals surface area contributed by atoms with Gasteiger partial charge >= 0.3 is 0 Å². The molecule has 0 aromatic heterocycles. The molecule has 4 nitrogen and oxygen atoms in total. The highest BCUT2D eigenvalue weighted by atomic mass is 16.5. The highest BCUT2D eigenvalue weighted by molar-refractivity contribution is 5.76. The van der Waals surface area contributed by atoms with E-state index in [0.717, 1.165) is 26.1 Å². The van der Waals surface area contributed by atoms with E-state index in [-0.39, 0.29) is 17.1 Å². The molecule has 0 bridgehead atoms. The monoisotopic (exact) mass is 270 g/mol. The van der Waals surface area contributed by atoms with Gasteiger partial charge in [-0.15, -0.1) is 0 Å². The van der Waals surface area contributed by atoms with Gasteiger partial charge in [-0.25, -0.2) is 0 Å². The Bertz CT molecular complexity index is 309. The van der Waals surface area contributed by atoms with Gasteiger partial charge in [-0.1, -0.05) is 0 Å². The lowest BCUT2D eigenvalue weighted by Crippen LogP contribution is -2.44. The number of amides is 1. The summed E-state index contributed by atoms with van der Waals surface area (Å²) in [6.07, 6.45) is 1.55. The third-order valence-electron chi connectivity index (χ3n) is 3.92. The Labute approximate surface area is 117 Å². The van der Waals surface area contributed by atoms with E-state index < -0.39 is 0 Å². The Kier molecular flexibility index (Phi) is 5.39. The Morgan fingerprint density at radius 1 is 1.26 bits per heavy atom. The summed E-state index contributed by atoms with van der Waals surface area (Å²) in [5.74, 6) is 0.230. The molecule has 1 unspecified atom stereocenters. The zero-order valence-electron chi connectivity index (χ0n) is 13.4. The first-order chi connectivity index (χ1) is 8.72. The lowest BCUT2D eigenvalue weighted by molar-refractivity contribution is -0.130. The third-order valence-corrected chi connectivity index (χ3v) is 3.92. The van der Waals surface area contributed by atoms with Crippen LogP contribution in [0.5, 0.6) is 0 Å². The predicted octanol–water partition coefficient (Wildman–Crippen LogP) is 2.18. The first-order valence-corrected chi connectivity index (χ1v) is 7.43. The van der Waals surface area contributed by atoms with E-state index in [1.165, 1.54) is 0 Å². The van der Waals surface area contributed by atoms with E-state index in [4.69, 9.17) is 4.74 Å². The van der Waals surface area contributed by atoms with Crippen LogP contribution in [0.2, 0.25) is 0 Å². The van der Waals surface area contributed by atoms with Crippen molar-refractivity contribution in [3.63, 3.8) is 0 Å². The standard InChI is InChI=1S/C15H30N2O2/c1-7-17(8-2)13(18)9-10-16-12-11-14(3,4)19-15(12,5)6/h12,16H,7-11H2,1-6H3. The van der Waals surface area contributed by atoms with Crippen LogP contribution in [0, 0.1) is 0 Å². The maximum atomic E-state index is 11.9. The second-order valence-electron chi connectivity index (χ2n) is 6.49. The van der Waals surface area contributed by atoms with Crippen LogP contribution in [0.25, 0.3) is 0 Å². The highest BCUT2D eigenvalue weighted by Crippen LogP contribution is 2.37. The molecule has 1 saturated heterocycles. The van der Waals surface area contributed by atoms with Crippen molar-refractivity contribution in [3.8, 4) is 0 Å². The lowest BCUT2D eigenvalue weighted by Gasteiger charge is -2.28. The van der Waals surface area contributed by atoms with Crippen LogP contribution in [-0.4, -0.2) is 47.7 Å². The summed E-state index contributed by atoms with van der Waals surface area (Å²) >= 11 is 0.